The summed E-state index contributed by atoms with van der Waals surface area (Å²) < 4.78 is 32.4. The lowest BCUT2D eigenvalue weighted by Gasteiger charge is -2.23. The zero-order valence-electron chi connectivity index (χ0n) is 18.1. The molecule has 0 heterocycles. The lowest BCUT2D eigenvalue weighted by atomic mass is 10.2. The van der Waals surface area contributed by atoms with E-state index in [2.05, 4.69) is 10.5 Å². The summed E-state index contributed by atoms with van der Waals surface area (Å²) in [6, 6.07) is 20.9. The number of nitro groups is 1. The van der Waals surface area contributed by atoms with E-state index in [-0.39, 0.29) is 17.2 Å². The van der Waals surface area contributed by atoms with Crippen molar-refractivity contribution in [1.82, 2.24) is 5.43 Å². The third kappa shape index (κ3) is 6.40. The number of rotatable bonds is 10. The number of anilines is 1. The van der Waals surface area contributed by atoms with E-state index in [1.807, 2.05) is 6.07 Å². The Labute approximate surface area is 201 Å². The molecule has 3 aromatic rings. The van der Waals surface area contributed by atoms with Gasteiger partial charge in [-0.1, -0.05) is 30.3 Å². The predicted molar refractivity (Wildman–Crippen MR) is 127 cm³/mol. The number of benzene rings is 3. The number of amides is 1. The fourth-order valence-corrected chi connectivity index (χ4v) is 4.42. The number of hydrazone groups is 1. The standard InChI is InChI=1S/C23H19N5O6S/c24-14-15-34-19-12-10-18(11-13-19)16-25-26-23(29)17-27(21-8-4-5-9-22(21)28(30)31)35(32,33)20-6-2-1-3-7-20/h1-13,16H,15,17H2,(H,26,29)/b25-16-. The van der Waals surface area contributed by atoms with Crippen molar-refractivity contribution in [2.75, 3.05) is 17.5 Å². The number of hydrogen-bond acceptors (Lipinski definition) is 8. The first-order chi connectivity index (χ1) is 16.8. The summed E-state index contributed by atoms with van der Waals surface area (Å²) in [6.07, 6.45) is 1.33. The van der Waals surface area contributed by atoms with Crippen LogP contribution in [-0.2, 0) is 14.8 Å². The van der Waals surface area contributed by atoms with Crippen molar-refractivity contribution in [1.29, 1.82) is 5.26 Å². The maximum Gasteiger partial charge on any atom is 0.293 e. The minimum Gasteiger partial charge on any atom is -0.479 e. The molecule has 1 N–H and O–H groups in total. The molecule has 12 heteroatoms. The van der Waals surface area contributed by atoms with Crippen LogP contribution in [0.2, 0.25) is 0 Å². The maximum absolute atomic E-state index is 13.3. The first kappa shape index (κ1) is 24.9. The molecule has 35 heavy (non-hydrogen) atoms. The number of carbonyl (C=O) groups excluding carboxylic acids is 1. The molecule has 0 aromatic heterocycles. The van der Waals surface area contributed by atoms with Crippen molar-refractivity contribution < 1.29 is 22.9 Å². The van der Waals surface area contributed by atoms with Gasteiger partial charge in [0.25, 0.3) is 21.6 Å². The van der Waals surface area contributed by atoms with Crippen LogP contribution < -0.4 is 14.5 Å². The highest BCUT2D eigenvalue weighted by atomic mass is 32.2. The monoisotopic (exact) mass is 493 g/mol. The van der Waals surface area contributed by atoms with Gasteiger partial charge in [0.1, 0.15) is 24.1 Å². The number of nitriles is 1. The molecule has 0 unspecified atom stereocenters. The average molecular weight is 494 g/mol. The first-order valence-electron chi connectivity index (χ1n) is 10.1. The molecule has 1 amide bonds. The normalized spacial score (nSPS) is 10.9. The van der Waals surface area contributed by atoms with Gasteiger partial charge in [-0.3, -0.25) is 14.9 Å². The van der Waals surface area contributed by atoms with Gasteiger partial charge in [0, 0.05) is 6.07 Å². The maximum atomic E-state index is 13.3. The summed E-state index contributed by atoms with van der Waals surface area (Å²) in [5.41, 5.74) is 2.11. The van der Waals surface area contributed by atoms with Crippen LogP contribution in [0.1, 0.15) is 5.56 Å². The fourth-order valence-electron chi connectivity index (χ4n) is 2.96. The minimum absolute atomic E-state index is 0.0918. The Morgan fingerprint density at radius 3 is 2.40 bits per heavy atom. The molecular formula is C23H19N5O6S. The van der Waals surface area contributed by atoms with E-state index in [1.165, 1.54) is 48.7 Å². The Hall–Kier alpha value is -4.76. The number of sulfonamides is 1. The minimum atomic E-state index is -4.32. The third-order valence-corrected chi connectivity index (χ3v) is 6.33. The molecule has 0 radical (unpaired) electrons. The fraction of sp³-hybridized carbons (Fsp3) is 0.0870. The molecule has 178 valence electrons. The van der Waals surface area contributed by atoms with Crippen molar-refractivity contribution in [2.24, 2.45) is 5.10 Å². The third-order valence-electron chi connectivity index (χ3n) is 4.55. The van der Waals surface area contributed by atoms with Crippen LogP contribution in [0.4, 0.5) is 11.4 Å². The van der Waals surface area contributed by atoms with Gasteiger partial charge in [0.2, 0.25) is 0 Å². The summed E-state index contributed by atoms with van der Waals surface area (Å²) in [5, 5.41) is 23.9. The number of nitrogens with zero attached hydrogens (tertiary/aromatic N) is 4. The van der Waals surface area contributed by atoms with Crippen molar-refractivity contribution in [3.63, 3.8) is 0 Å². The molecule has 0 aliphatic heterocycles. The van der Waals surface area contributed by atoms with Gasteiger partial charge in [-0.25, -0.2) is 18.1 Å². The van der Waals surface area contributed by atoms with Crippen molar-refractivity contribution in [3.05, 3.63) is 94.5 Å². The average Bonchev–Trinajstić information content (AvgIpc) is 2.87. The van der Waals surface area contributed by atoms with Crippen molar-refractivity contribution >= 4 is 33.5 Å². The van der Waals surface area contributed by atoms with Gasteiger partial charge in [-0.2, -0.15) is 10.4 Å². The van der Waals surface area contributed by atoms with Gasteiger partial charge < -0.3 is 4.74 Å². The van der Waals surface area contributed by atoms with Crippen LogP contribution in [0.5, 0.6) is 5.75 Å². The highest BCUT2D eigenvalue weighted by Crippen LogP contribution is 2.31. The summed E-state index contributed by atoms with van der Waals surface area (Å²) in [5.74, 6) is -0.327. The second kappa shape index (κ2) is 11.4. The van der Waals surface area contributed by atoms with Gasteiger partial charge in [0.05, 0.1) is 16.0 Å². The molecule has 0 saturated carbocycles. The first-order valence-corrected chi connectivity index (χ1v) is 11.5. The molecule has 0 saturated heterocycles. The summed E-state index contributed by atoms with van der Waals surface area (Å²) in [6.45, 7) is -0.841. The van der Waals surface area contributed by atoms with Crippen molar-refractivity contribution in [2.45, 2.75) is 4.90 Å². The topological polar surface area (TPSA) is 155 Å². The van der Waals surface area contributed by atoms with Crippen molar-refractivity contribution in [3.8, 4) is 11.8 Å². The Kier molecular flexibility index (Phi) is 8.10. The lowest BCUT2D eigenvalue weighted by Crippen LogP contribution is -2.39. The Balaban J connectivity index is 1.82. The molecule has 0 aliphatic carbocycles. The lowest BCUT2D eigenvalue weighted by molar-refractivity contribution is -0.384. The summed E-state index contributed by atoms with van der Waals surface area (Å²) in [7, 11) is -4.32. The van der Waals surface area contributed by atoms with E-state index >= 15 is 0 Å². The predicted octanol–water partition coefficient (Wildman–Crippen LogP) is 2.84. The summed E-state index contributed by atoms with van der Waals surface area (Å²) >= 11 is 0. The van der Waals surface area contributed by atoms with E-state index in [4.69, 9.17) is 10.00 Å². The van der Waals surface area contributed by atoms with Crippen LogP contribution in [0.3, 0.4) is 0 Å². The van der Waals surface area contributed by atoms with E-state index < -0.39 is 33.1 Å². The zero-order valence-corrected chi connectivity index (χ0v) is 19.0. The molecule has 3 rings (SSSR count). The highest BCUT2D eigenvalue weighted by Gasteiger charge is 2.31. The van der Waals surface area contributed by atoms with E-state index in [9.17, 15) is 23.3 Å². The number of para-hydroxylation sites is 2. The van der Waals surface area contributed by atoms with E-state index in [1.54, 1.807) is 30.3 Å². The van der Waals surface area contributed by atoms with E-state index in [0.717, 1.165) is 6.07 Å². The van der Waals surface area contributed by atoms with Crippen LogP contribution in [0.25, 0.3) is 0 Å². The van der Waals surface area contributed by atoms with Crippen LogP contribution >= 0.6 is 0 Å². The molecular weight excluding hydrogens is 474 g/mol. The molecule has 0 spiro atoms. The van der Waals surface area contributed by atoms with Gasteiger partial charge in [0.15, 0.2) is 6.61 Å². The van der Waals surface area contributed by atoms with Gasteiger partial charge in [-0.05, 0) is 48.0 Å². The quantitative estimate of drug-likeness (QED) is 0.259. The molecule has 0 atom stereocenters. The highest BCUT2D eigenvalue weighted by molar-refractivity contribution is 7.92. The second-order valence-electron chi connectivity index (χ2n) is 6.88. The smallest absolute Gasteiger partial charge is 0.293 e. The molecule has 3 aromatic carbocycles. The second-order valence-corrected chi connectivity index (χ2v) is 8.74. The Morgan fingerprint density at radius 1 is 1.09 bits per heavy atom. The van der Waals surface area contributed by atoms with Gasteiger partial charge in [-0.15, -0.1) is 0 Å². The molecule has 0 fully saturated rings. The number of nitro benzene ring substituents is 1. The van der Waals surface area contributed by atoms with Crippen LogP contribution in [0.15, 0.2) is 88.9 Å². The SMILES string of the molecule is N#CCOc1ccc(/C=N\NC(=O)CN(c2ccccc2[N+](=O)[O-])S(=O)(=O)c2ccccc2)cc1. The number of ether oxygens (including phenoxy) is 1. The van der Waals surface area contributed by atoms with Crippen LogP contribution in [-0.4, -0.2) is 38.6 Å². The zero-order chi connectivity index (χ0) is 25.3. The largest absolute Gasteiger partial charge is 0.479 e. The number of carbonyl (C=O) groups is 1. The molecule has 0 bridgehead atoms. The number of nitrogens with one attached hydrogen (secondary N) is 1. The van der Waals surface area contributed by atoms with Crippen LogP contribution in [0, 0.1) is 21.4 Å². The van der Waals surface area contributed by atoms with Gasteiger partial charge >= 0.3 is 0 Å². The summed E-state index contributed by atoms with van der Waals surface area (Å²) in [4.78, 5) is 23.3. The van der Waals surface area contributed by atoms with E-state index in [0.29, 0.717) is 15.6 Å². The Bertz CT molecular complexity index is 1370. The molecule has 0 aliphatic rings. The molecule has 11 nitrogen and oxygen atoms in total. The number of hydrogen-bond donors (Lipinski definition) is 1. The Morgan fingerprint density at radius 2 is 1.74 bits per heavy atom.